The van der Waals surface area contributed by atoms with Gasteiger partial charge in [0.15, 0.2) is 11.8 Å². The molecule has 7 heteroatoms. The topological polar surface area (TPSA) is 87.4 Å². The molecule has 2 saturated carbocycles. The highest BCUT2D eigenvalue weighted by molar-refractivity contribution is 9.10. The van der Waals surface area contributed by atoms with Crippen LogP contribution in [-0.2, 0) is 4.79 Å². The standard InChI is InChI=1S/C21H24BrN3O3/c22-14-5-8-16(23-10-14)24-19(26)11-3-6-15(7-4-11)25-20(27)17-12-1-2-13(9-12)18(17)21(25)28/h5,8,10-13,15,27-28H,1-4,6-7,9H2,(H,23,24,26)/t11?,12-,13+,15?. The van der Waals surface area contributed by atoms with Crippen LogP contribution in [0.5, 0.6) is 11.8 Å². The van der Waals surface area contributed by atoms with Gasteiger partial charge < -0.3 is 15.5 Å². The maximum Gasteiger partial charge on any atom is 0.228 e. The van der Waals surface area contributed by atoms with Crippen molar-refractivity contribution in [3.63, 3.8) is 0 Å². The van der Waals surface area contributed by atoms with Crippen LogP contribution in [0.4, 0.5) is 5.82 Å². The fourth-order valence-electron chi connectivity index (χ4n) is 5.53. The molecule has 6 nitrogen and oxygen atoms in total. The van der Waals surface area contributed by atoms with E-state index >= 15 is 0 Å². The molecule has 148 valence electrons. The highest BCUT2D eigenvalue weighted by atomic mass is 79.9. The van der Waals surface area contributed by atoms with E-state index in [2.05, 4.69) is 26.2 Å². The minimum atomic E-state index is -0.0652. The van der Waals surface area contributed by atoms with E-state index in [1.54, 1.807) is 16.8 Å². The summed E-state index contributed by atoms with van der Waals surface area (Å²) >= 11 is 3.34. The monoisotopic (exact) mass is 445 g/mol. The van der Waals surface area contributed by atoms with Crippen LogP contribution in [0, 0.1) is 5.92 Å². The van der Waals surface area contributed by atoms with E-state index in [0.29, 0.717) is 17.7 Å². The van der Waals surface area contributed by atoms with Crippen molar-refractivity contribution >= 4 is 27.7 Å². The molecule has 2 heterocycles. The first kappa shape index (κ1) is 18.0. The Bertz CT molecular complexity index is 882. The third kappa shape index (κ3) is 2.82. The van der Waals surface area contributed by atoms with Crippen molar-refractivity contribution < 1.29 is 15.0 Å². The SMILES string of the molecule is O=C(Nc1ccc(Br)cn1)C1CCC(n2c(O)c3c(c2O)[C@H]2CC[C@@H]3C2)CC1. The van der Waals surface area contributed by atoms with Gasteiger partial charge in [0.05, 0.1) is 0 Å². The van der Waals surface area contributed by atoms with Crippen molar-refractivity contribution in [3.8, 4) is 11.8 Å². The number of hydrogen-bond acceptors (Lipinski definition) is 4. The van der Waals surface area contributed by atoms with Gasteiger partial charge in [0, 0.05) is 33.8 Å². The molecule has 1 amide bonds. The molecule has 2 aromatic rings. The third-order valence-electron chi connectivity index (χ3n) is 6.89. The minimum absolute atomic E-state index is 0.00485. The summed E-state index contributed by atoms with van der Waals surface area (Å²) in [5, 5.41) is 24.5. The number of rotatable bonds is 3. The van der Waals surface area contributed by atoms with E-state index in [4.69, 9.17) is 0 Å². The first-order valence-electron chi connectivity index (χ1n) is 10.1. The molecule has 3 N–H and O–H groups in total. The smallest absolute Gasteiger partial charge is 0.228 e. The molecular weight excluding hydrogens is 422 g/mol. The molecule has 2 atom stereocenters. The van der Waals surface area contributed by atoms with Gasteiger partial charge in [0.2, 0.25) is 5.91 Å². The predicted octanol–water partition coefficient (Wildman–Crippen LogP) is 4.79. The molecular formula is C21H24BrN3O3. The van der Waals surface area contributed by atoms with Crippen LogP contribution in [0.1, 0.15) is 74.0 Å². The quantitative estimate of drug-likeness (QED) is 0.633. The Morgan fingerprint density at radius 1 is 1.04 bits per heavy atom. The second-order valence-electron chi connectivity index (χ2n) is 8.41. The molecule has 0 aromatic carbocycles. The number of carbonyl (C=O) groups is 1. The Labute approximate surface area is 172 Å². The largest absolute Gasteiger partial charge is 0.494 e. The summed E-state index contributed by atoms with van der Waals surface area (Å²) in [5.74, 6) is 1.85. The zero-order valence-electron chi connectivity index (χ0n) is 15.6. The van der Waals surface area contributed by atoms with Crippen LogP contribution in [0.25, 0.3) is 0 Å². The summed E-state index contributed by atoms with van der Waals surface area (Å²) in [6.45, 7) is 0. The maximum absolute atomic E-state index is 12.6. The van der Waals surface area contributed by atoms with Gasteiger partial charge >= 0.3 is 0 Å². The molecule has 2 fully saturated rings. The number of nitrogens with one attached hydrogen (secondary N) is 1. The van der Waals surface area contributed by atoms with Crippen molar-refractivity contribution in [3.05, 3.63) is 33.9 Å². The average Bonchev–Trinajstić information content (AvgIpc) is 3.38. The van der Waals surface area contributed by atoms with Crippen LogP contribution in [0.2, 0.25) is 0 Å². The van der Waals surface area contributed by atoms with Gasteiger partial charge in [-0.3, -0.25) is 9.36 Å². The van der Waals surface area contributed by atoms with Crippen molar-refractivity contribution in [1.29, 1.82) is 0 Å². The summed E-state index contributed by atoms with van der Waals surface area (Å²) in [5.41, 5.74) is 1.99. The zero-order chi connectivity index (χ0) is 19.4. The van der Waals surface area contributed by atoms with Gasteiger partial charge in [-0.25, -0.2) is 4.98 Å². The molecule has 0 aliphatic heterocycles. The molecule has 0 unspecified atom stereocenters. The van der Waals surface area contributed by atoms with Gasteiger partial charge in [-0.15, -0.1) is 0 Å². The van der Waals surface area contributed by atoms with Crippen molar-refractivity contribution in [1.82, 2.24) is 9.55 Å². The van der Waals surface area contributed by atoms with E-state index in [-0.39, 0.29) is 29.6 Å². The van der Waals surface area contributed by atoms with E-state index < -0.39 is 0 Å². The Morgan fingerprint density at radius 2 is 1.68 bits per heavy atom. The van der Waals surface area contributed by atoms with E-state index in [0.717, 1.165) is 60.5 Å². The lowest BCUT2D eigenvalue weighted by Crippen LogP contribution is -2.28. The summed E-state index contributed by atoms with van der Waals surface area (Å²) in [4.78, 5) is 16.8. The number of hydrogen-bond donors (Lipinski definition) is 3. The summed E-state index contributed by atoms with van der Waals surface area (Å²) < 4.78 is 2.62. The van der Waals surface area contributed by atoms with Crippen LogP contribution >= 0.6 is 15.9 Å². The highest BCUT2D eigenvalue weighted by Crippen LogP contribution is 2.60. The molecule has 2 aromatic heterocycles. The van der Waals surface area contributed by atoms with Crippen molar-refractivity contribution in [2.75, 3.05) is 5.32 Å². The predicted molar refractivity (Wildman–Crippen MR) is 109 cm³/mol. The van der Waals surface area contributed by atoms with Crippen LogP contribution in [0.3, 0.4) is 0 Å². The first-order chi connectivity index (χ1) is 13.5. The van der Waals surface area contributed by atoms with Gasteiger partial charge in [-0.2, -0.15) is 0 Å². The number of nitrogens with zero attached hydrogens (tertiary/aromatic N) is 2. The number of fused-ring (bicyclic) bond motifs is 5. The second kappa shape index (κ2) is 6.79. The Balaban J connectivity index is 1.27. The van der Waals surface area contributed by atoms with Gasteiger partial charge in [-0.05, 0) is 84.8 Å². The fraction of sp³-hybridized carbons (Fsp3) is 0.524. The van der Waals surface area contributed by atoms with Gasteiger partial charge in [0.1, 0.15) is 5.82 Å². The lowest BCUT2D eigenvalue weighted by molar-refractivity contribution is -0.121. The number of halogens is 1. The number of carbonyl (C=O) groups excluding carboxylic acids is 1. The zero-order valence-corrected chi connectivity index (χ0v) is 17.2. The number of anilines is 1. The van der Waals surface area contributed by atoms with Crippen molar-refractivity contribution in [2.45, 2.75) is 62.8 Å². The number of aromatic hydroxyl groups is 2. The summed E-state index contributed by atoms with van der Waals surface area (Å²) in [6, 6.07) is 3.68. The van der Waals surface area contributed by atoms with E-state index in [1.807, 2.05) is 6.07 Å². The van der Waals surface area contributed by atoms with Crippen LogP contribution < -0.4 is 5.32 Å². The first-order valence-corrected chi connectivity index (χ1v) is 10.9. The maximum atomic E-state index is 12.6. The lowest BCUT2D eigenvalue weighted by Gasteiger charge is -2.29. The van der Waals surface area contributed by atoms with Crippen LogP contribution in [0.15, 0.2) is 22.8 Å². The summed E-state index contributed by atoms with van der Waals surface area (Å²) in [6.07, 6.45) is 7.99. The number of amides is 1. The molecule has 0 spiro atoms. The number of pyridine rings is 1. The molecule has 0 radical (unpaired) electrons. The lowest BCUT2D eigenvalue weighted by atomic mass is 9.85. The van der Waals surface area contributed by atoms with Gasteiger partial charge in [0.25, 0.3) is 0 Å². The molecule has 0 saturated heterocycles. The molecule has 2 bridgehead atoms. The fourth-order valence-corrected chi connectivity index (χ4v) is 5.77. The van der Waals surface area contributed by atoms with Gasteiger partial charge in [-0.1, -0.05) is 0 Å². The number of aromatic nitrogens is 2. The summed E-state index contributed by atoms with van der Waals surface area (Å²) in [7, 11) is 0. The Morgan fingerprint density at radius 3 is 2.25 bits per heavy atom. The van der Waals surface area contributed by atoms with Crippen molar-refractivity contribution in [2.24, 2.45) is 5.92 Å². The molecule has 3 aliphatic rings. The highest BCUT2D eigenvalue weighted by Gasteiger charge is 2.45. The Hall–Kier alpha value is -2.02. The average molecular weight is 446 g/mol. The molecule has 3 aliphatic carbocycles. The normalized spacial score (nSPS) is 28.3. The second-order valence-corrected chi connectivity index (χ2v) is 9.32. The third-order valence-corrected chi connectivity index (χ3v) is 7.36. The molecule has 28 heavy (non-hydrogen) atoms. The van der Waals surface area contributed by atoms with E-state index in [9.17, 15) is 15.0 Å². The van der Waals surface area contributed by atoms with Crippen LogP contribution in [-0.4, -0.2) is 25.7 Å². The minimum Gasteiger partial charge on any atom is -0.494 e. The Kier molecular flexibility index (Phi) is 4.38. The van der Waals surface area contributed by atoms with E-state index in [1.165, 1.54) is 0 Å². The molecule has 5 rings (SSSR count).